The van der Waals surface area contributed by atoms with Gasteiger partial charge >= 0.3 is 5.69 Å². The van der Waals surface area contributed by atoms with Crippen LogP contribution in [0.15, 0.2) is 16.6 Å². The van der Waals surface area contributed by atoms with E-state index in [2.05, 4.69) is 15.9 Å². The van der Waals surface area contributed by atoms with Crippen molar-refractivity contribution in [1.82, 2.24) is 0 Å². The highest BCUT2D eigenvalue weighted by molar-refractivity contribution is 9.10. The zero-order valence-electron chi connectivity index (χ0n) is 12.2. The second kappa shape index (κ2) is 5.65. The van der Waals surface area contributed by atoms with Gasteiger partial charge in [0.25, 0.3) is 8.32 Å². The lowest BCUT2D eigenvalue weighted by atomic mass is 10.2. The molecular weight excluding hydrogens is 342 g/mol. The van der Waals surface area contributed by atoms with Gasteiger partial charge in [-0.05, 0) is 24.2 Å². The molecule has 0 aliphatic carbocycles. The predicted octanol–water partition coefficient (Wildman–Crippen LogP) is 4.55. The van der Waals surface area contributed by atoms with Crippen molar-refractivity contribution in [2.24, 2.45) is 0 Å². The van der Waals surface area contributed by atoms with Gasteiger partial charge in [-0.15, -0.1) is 0 Å². The lowest BCUT2D eigenvalue weighted by Gasteiger charge is -2.36. The summed E-state index contributed by atoms with van der Waals surface area (Å²) in [5, 5.41) is 11.1. The van der Waals surface area contributed by atoms with Crippen LogP contribution in [-0.2, 0) is 0 Å². The van der Waals surface area contributed by atoms with Crippen LogP contribution in [-0.4, -0.2) is 19.5 Å². The fourth-order valence-corrected chi connectivity index (χ4v) is 2.84. The number of aldehydes is 1. The number of rotatable bonds is 4. The van der Waals surface area contributed by atoms with E-state index in [0.717, 1.165) is 0 Å². The number of nitro groups is 1. The summed E-state index contributed by atoms with van der Waals surface area (Å²) in [4.78, 5) is 21.8. The maximum absolute atomic E-state index is 11.2. The molecular formula is C13H18BrNO4Si. The first-order valence-corrected chi connectivity index (χ1v) is 9.82. The van der Waals surface area contributed by atoms with E-state index in [9.17, 15) is 14.9 Å². The summed E-state index contributed by atoms with van der Waals surface area (Å²) in [6.45, 7) is 10.1. The first-order valence-electron chi connectivity index (χ1n) is 6.12. The van der Waals surface area contributed by atoms with Gasteiger partial charge in [-0.1, -0.05) is 36.7 Å². The Morgan fingerprint density at radius 1 is 1.35 bits per heavy atom. The number of nitrogens with zero attached hydrogens (tertiary/aromatic N) is 1. The van der Waals surface area contributed by atoms with Crippen LogP contribution in [0.25, 0.3) is 0 Å². The number of nitro benzene ring substituents is 1. The zero-order valence-corrected chi connectivity index (χ0v) is 14.8. The summed E-state index contributed by atoms with van der Waals surface area (Å²) < 4.78 is 6.46. The van der Waals surface area contributed by atoms with Crippen LogP contribution in [0.2, 0.25) is 18.1 Å². The Hall–Kier alpha value is -1.21. The van der Waals surface area contributed by atoms with Crippen molar-refractivity contribution in [3.05, 3.63) is 32.3 Å². The van der Waals surface area contributed by atoms with Crippen LogP contribution in [0.3, 0.4) is 0 Å². The Morgan fingerprint density at radius 2 is 1.90 bits per heavy atom. The molecule has 0 aliphatic rings. The molecule has 1 aromatic carbocycles. The number of carbonyl (C=O) groups excluding carboxylic acids is 1. The summed E-state index contributed by atoms with van der Waals surface area (Å²) in [6.07, 6.45) is 0.584. The highest BCUT2D eigenvalue weighted by Crippen LogP contribution is 2.42. The maximum atomic E-state index is 11.2. The Kier molecular flexibility index (Phi) is 4.76. The minimum absolute atomic E-state index is 0.0693. The second-order valence-electron chi connectivity index (χ2n) is 6.08. The van der Waals surface area contributed by atoms with Crippen molar-refractivity contribution in [2.45, 2.75) is 38.9 Å². The van der Waals surface area contributed by atoms with Crippen molar-refractivity contribution in [1.29, 1.82) is 0 Å². The normalized spacial score (nSPS) is 12.1. The van der Waals surface area contributed by atoms with Crippen molar-refractivity contribution >= 4 is 36.2 Å². The van der Waals surface area contributed by atoms with E-state index >= 15 is 0 Å². The lowest BCUT2D eigenvalue weighted by molar-refractivity contribution is -0.385. The molecule has 0 aliphatic heterocycles. The number of halogens is 1. The molecule has 0 bridgehead atoms. The molecule has 0 fully saturated rings. The molecule has 20 heavy (non-hydrogen) atoms. The molecule has 1 aromatic rings. The Labute approximate surface area is 127 Å². The third-order valence-electron chi connectivity index (χ3n) is 3.55. The largest absolute Gasteiger partial charge is 0.538 e. The average Bonchev–Trinajstić information content (AvgIpc) is 2.28. The monoisotopic (exact) mass is 359 g/mol. The minimum atomic E-state index is -2.27. The summed E-state index contributed by atoms with van der Waals surface area (Å²) >= 11 is 3.17. The molecule has 0 heterocycles. The van der Waals surface area contributed by atoms with Gasteiger partial charge in [0.2, 0.25) is 0 Å². The smallest absolute Gasteiger partial charge is 0.311 e. The highest BCUT2D eigenvalue weighted by atomic mass is 79.9. The predicted molar refractivity (Wildman–Crippen MR) is 84.0 cm³/mol. The molecule has 0 saturated heterocycles. The second-order valence-corrected chi connectivity index (χ2v) is 11.7. The van der Waals surface area contributed by atoms with Crippen LogP contribution in [0, 0.1) is 10.1 Å². The molecule has 0 N–H and O–H groups in total. The van der Waals surface area contributed by atoms with Gasteiger partial charge < -0.3 is 4.43 Å². The molecule has 0 spiro atoms. The Bertz CT molecular complexity index is 552. The van der Waals surface area contributed by atoms with E-state index in [1.807, 2.05) is 33.9 Å². The summed E-state index contributed by atoms with van der Waals surface area (Å²) in [6, 6.07) is 2.89. The van der Waals surface area contributed by atoms with Gasteiger partial charge in [0.05, 0.1) is 10.5 Å². The van der Waals surface area contributed by atoms with Crippen molar-refractivity contribution in [3.63, 3.8) is 0 Å². The molecule has 0 unspecified atom stereocenters. The zero-order chi connectivity index (χ0) is 15.7. The SMILES string of the molecule is CC(C)(C)[Si](C)(C)Oc1c(C=O)cc(Br)cc1[N+](=O)[O-]. The molecule has 0 saturated carbocycles. The first kappa shape index (κ1) is 16.8. The van der Waals surface area contributed by atoms with Gasteiger partial charge in [0.1, 0.15) is 0 Å². The van der Waals surface area contributed by atoms with Crippen molar-refractivity contribution < 1.29 is 14.1 Å². The lowest BCUT2D eigenvalue weighted by Crippen LogP contribution is -2.44. The van der Waals surface area contributed by atoms with E-state index in [0.29, 0.717) is 10.8 Å². The van der Waals surface area contributed by atoms with Gasteiger partial charge in [0, 0.05) is 10.5 Å². The Balaban J connectivity index is 3.44. The summed E-state index contributed by atoms with van der Waals surface area (Å²) in [5.74, 6) is 0.0693. The molecule has 0 amide bonds. The van der Waals surface area contributed by atoms with Crippen LogP contribution < -0.4 is 4.43 Å². The van der Waals surface area contributed by atoms with Gasteiger partial charge in [-0.3, -0.25) is 14.9 Å². The molecule has 0 atom stereocenters. The Morgan fingerprint density at radius 3 is 2.30 bits per heavy atom. The van der Waals surface area contributed by atoms with Crippen molar-refractivity contribution in [3.8, 4) is 5.75 Å². The molecule has 5 nitrogen and oxygen atoms in total. The van der Waals surface area contributed by atoms with Crippen LogP contribution in [0.4, 0.5) is 5.69 Å². The number of carbonyl (C=O) groups is 1. The molecule has 110 valence electrons. The first-order chi connectivity index (χ1) is 8.99. The van der Waals surface area contributed by atoms with E-state index in [-0.39, 0.29) is 22.0 Å². The van der Waals surface area contributed by atoms with Gasteiger partial charge in [-0.25, -0.2) is 0 Å². The standard InChI is InChI=1S/C13H18BrNO4Si/c1-13(2,3)20(4,5)19-12-9(8-16)6-10(14)7-11(12)15(17)18/h6-8H,1-5H3. The van der Waals surface area contributed by atoms with E-state index < -0.39 is 13.2 Å². The molecule has 0 aromatic heterocycles. The van der Waals surface area contributed by atoms with E-state index in [1.54, 1.807) is 0 Å². The van der Waals surface area contributed by atoms with Crippen LogP contribution >= 0.6 is 15.9 Å². The quantitative estimate of drug-likeness (QED) is 0.342. The molecule has 0 radical (unpaired) electrons. The third kappa shape index (κ3) is 3.46. The van der Waals surface area contributed by atoms with E-state index in [4.69, 9.17) is 4.43 Å². The number of hydrogen-bond donors (Lipinski definition) is 0. The highest BCUT2D eigenvalue weighted by Gasteiger charge is 2.41. The fraction of sp³-hybridized carbons (Fsp3) is 0.462. The van der Waals surface area contributed by atoms with Crippen LogP contribution in [0.1, 0.15) is 31.1 Å². The van der Waals surface area contributed by atoms with Gasteiger partial charge in [-0.2, -0.15) is 0 Å². The minimum Gasteiger partial charge on any atom is -0.538 e. The number of benzene rings is 1. The molecule has 7 heteroatoms. The average molecular weight is 360 g/mol. The number of hydrogen-bond acceptors (Lipinski definition) is 4. The van der Waals surface area contributed by atoms with Gasteiger partial charge in [0.15, 0.2) is 12.0 Å². The van der Waals surface area contributed by atoms with Crippen molar-refractivity contribution in [2.75, 3.05) is 0 Å². The third-order valence-corrected chi connectivity index (χ3v) is 8.33. The topological polar surface area (TPSA) is 69.4 Å². The maximum Gasteiger partial charge on any atom is 0.311 e. The summed E-state index contributed by atoms with van der Waals surface area (Å²) in [7, 11) is -2.27. The van der Waals surface area contributed by atoms with Crippen LogP contribution in [0.5, 0.6) is 5.75 Å². The summed E-state index contributed by atoms with van der Waals surface area (Å²) in [5.41, 5.74) is 0.00204. The molecule has 1 rings (SSSR count). The van der Waals surface area contributed by atoms with E-state index in [1.165, 1.54) is 12.1 Å². The fourth-order valence-electron chi connectivity index (χ4n) is 1.34.